The van der Waals surface area contributed by atoms with Crippen LogP contribution in [0.5, 0.6) is 0 Å². The zero-order valence-electron chi connectivity index (χ0n) is 13.2. The second kappa shape index (κ2) is 6.14. The molecule has 3 nitrogen and oxygen atoms in total. The first-order valence-corrected chi connectivity index (χ1v) is 7.07. The SMILES string of the molecule is Cc1cc(CNc2ccccc2CN(C)C)c(C)n1C. The minimum absolute atomic E-state index is 0.873. The maximum Gasteiger partial charge on any atom is 0.0418 e. The van der Waals surface area contributed by atoms with E-state index in [1.54, 1.807) is 0 Å². The zero-order valence-corrected chi connectivity index (χ0v) is 13.2. The lowest BCUT2D eigenvalue weighted by Crippen LogP contribution is -2.13. The van der Waals surface area contributed by atoms with E-state index in [9.17, 15) is 0 Å². The fourth-order valence-electron chi connectivity index (χ4n) is 2.47. The smallest absolute Gasteiger partial charge is 0.0418 e. The highest BCUT2D eigenvalue weighted by molar-refractivity contribution is 5.51. The molecule has 0 spiro atoms. The van der Waals surface area contributed by atoms with Crippen molar-refractivity contribution in [1.82, 2.24) is 9.47 Å². The van der Waals surface area contributed by atoms with Crippen molar-refractivity contribution in [3.63, 3.8) is 0 Å². The van der Waals surface area contributed by atoms with Crippen LogP contribution in [-0.4, -0.2) is 23.6 Å². The van der Waals surface area contributed by atoms with Gasteiger partial charge in [0.25, 0.3) is 0 Å². The molecule has 1 aromatic heterocycles. The van der Waals surface area contributed by atoms with Gasteiger partial charge in [0.05, 0.1) is 0 Å². The fourth-order valence-corrected chi connectivity index (χ4v) is 2.47. The van der Waals surface area contributed by atoms with Crippen molar-refractivity contribution in [3.8, 4) is 0 Å². The summed E-state index contributed by atoms with van der Waals surface area (Å²) >= 11 is 0. The first-order valence-electron chi connectivity index (χ1n) is 7.07. The summed E-state index contributed by atoms with van der Waals surface area (Å²) in [6, 6.07) is 10.8. The first kappa shape index (κ1) is 14.7. The van der Waals surface area contributed by atoms with Crippen LogP contribution in [0.4, 0.5) is 5.69 Å². The summed E-state index contributed by atoms with van der Waals surface area (Å²) in [5, 5.41) is 3.58. The van der Waals surface area contributed by atoms with Crippen LogP contribution in [0.3, 0.4) is 0 Å². The van der Waals surface area contributed by atoms with E-state index in [0.29, 0.717) is 0 Å². The molecule has 0 aliphatic rings. The van der Waals surface area contributed by atoms with Crippen LogP contribution in [0.2, 0.25) is 0 Å². The molecule has 0 fully saturated rings. The molecule has 0 atom stereocenters. The van der Waals surface area contributed by atoms with Crippen LogP contribution in [0.1, 0.15) is 22.5 Å². The molecular formula is C17H25N3. The molecule has 108 valence electrons. The van der Waals surface area contributed by atoms with E-state index in [1.165, 1.54) is 28.2 Å². The molecule has 0 unspecified atom stereocenters. The van der Waals surface area contributed by atoms with Crippen molar-refractivity contribution in [2.45, 2.75) is 26.9 Å². The molecule has 0 aliphatic heterocycles. The predicted octanol–water partition coefficient (Wildman–Crippen LogP) is 3.32. The van der Waals surface area contributed by atoms with Gasteiger partial charge < -0.3 is 14.8 Å². The number of hydrogen-bond donors (Lipinski definition) is 1. The van der Waals surface area contributed by atoms with Gasteiger partial charge >= 0.3 is 0 Å². The van der Waals surface area contributed by atoms with Gasteiger partial charge in [0.15, 0.2) is 0 Å². The first-order chi connectivity index (χ1) is 9.49. The normalized spacial score (nSPS) is 11.1. The van der Waals surface area contributed by atoms with Crippen molar-refractivity contribution in [3.05, 3.63) is 52.8 Å². The molecular weight excluding hydrogens is 246 g/mol. The lowest BCUT2D eigenvalue weighted by Gasteiger charge is -2.15. The number of nitrogens with zero attached hydrogens (tertiary/aromatic N) is 2. The van der Waals surface area contributed by atoms with Crippen LogP contribution in [0.15, 0.2) is 30.3 Å². The topological polar surface area (TPSA) is 20.2 Å². The molecule has 0 bridgehead atoms. The van der Waals surface area contributed by atoms with E-state index in [4.69, 9.17) is 0 Å². The minimum Gasteiger partial charge on any atom is -0.381 e. The van der Waals surface area contributed by atoms with Gasteiger partial charge in [-0.15, -0.1) is 0 Å². The Bertz CT molecular complexity index is 582. The summed E-state index contributed by atoms with van der Waals surface area (Å²) in [5.74, 6) is 0. The third-order valence-corrected chi connectivity index (χ3v) is 3.85. The Morgan fingerprint density at radius 3 is 2.40 bits per heavy atom. The van der Waals surface area contributed by atoms with Gasteiger partial charge in [-0.05, 0) is 51.2 Å². The van der Waals surface area contributed by atoms with E-state index in [-0.39, 0.29) is 0 Å². The number of hydrogen-bond acceptors (Lipinski definition) is 2. The lowest BCUT2D eigenvalue weighted by atomic mass is 10.1. The monoisotopic (exact) mass is 271 g/mol. The molecule has 1 aromatic carbocycles. The molecule has 0 aliphatic carbocycles. The standard InChI is InChI=1S/C17H25N3/c1-13-10-16(14(2)20(13)5)11-18-17-9-7-6-8-15(17)12-19(3)4/h6-10,18H,11-12H2,1-5H3. The highest BCUT2D eigenvalue weighted by Crippen LogP contribution is 2.19. The van der Waals surface area contributed by atoms with E-state index in [0.717, 1.165) is 13.1 Å². The highest BCUT2D eigenvalue weighted by atomic mass is 15.1. The van der Waals surface area contributed by atoms with Crippen LogP contribution in [0.25, 0.3) is 0 Å². The van der Waals surface area contributed by atoms with Gasteiger partial charge in [0, 0.05) is 37.2 Å². The maximum absolute atomic E-state index is 3.58. The summed E-state index contributed by atoms with van der Waals surface area (Å²) in [5.41, 5.74) is 6.57. The molecule has 0 radical (unpaired) electrons. The lowest BCUT2D eigenvalue weighted by molar-refractivity contribution is 0.403. The second-order valence-electron chi connectivity index (χ2n) is 5.70. The van der Waals surface area contributed by atoms with Gasteiger partial charge in [0.1, 0.15) is 0 Å². The Morgan fingerprint density at radius 2 is 1.80 bits per heavy atom. The van der Waals surface area contributed by atoms with Gasteiger partial charge in [0.2, 0.25) is 0 Å². The van der Waals surface area contributed by atoms with Crippen LogP contribution in [0, 0.1) is 13.8 Å². The molecule has 20 heavy (non-hydrogen) atoms. The Morgan fingerprint density at radius 1 is 1.10 bits per heavy atom. The number of rotatable bonds is 5. The third-order valence-electron chi connectivity index (χ3n) is 3.85. The van der Waals surface area contributed by atoms with Crippen LogP contribution >= 0.6 is 0 Å². The van der Waals surface area contributed by atoms with Crippen molar-refractivity contribution in [2.75, 3.05) is 19.4 Å². The Kier molecular flexibility index (Phi) is 4.50. The molecule has 1 N–H and O–H groups in total. The average molecular weight is 271 g/mol. The number of aromatic nitrogens is 1. The summed E-state index contributed by atoms with van der Waals surface area (Å²) in [6.07, 6.45) is 0. The van der Waals surface area contributed by atoms with Gasteiger partial charge in [-0.2, -0.15) is 0 Å². The predicted molar refractivity (Wildman–Crippen MR) is 86.0 cm³/mol. The summed E-state index contributed by atoms with van der Waals surface area (Å²) < 4.78 is 2.24. The zero-order chi connectivity index (χ0) is 14.7. The minimum atomic E-state index is 0.873. The molecule has 2 aromatic rings. The average Bonchev–Trinajstić information content (AvgIpc) is 2.65. The molecule has 0 amide bonds. The fraction of sp³-hybridized carbons (Fsp3) is 0.412. The molecule has 3 heteroatoms. The van der Waals surface area contributed by atoms with E-state index in [2.05, 4.69) is 80.1 Å². The van der Waals surface area contributed by atoms with Gasteiger partial charge in [-0.1, -0.05) is 18.2 Å². The van der Waals surface area contributed by atoms with Crippen molar-refractivity contribution < 1.29 is 0 Å². The molecule has 1 heterocycles. The van der Waals surface area contributed by atoms with Crippen LogP contribution in [-0.2, 0) is 20.1 Å². The Balaban J connectivity index is 2.12. The number of para-hydroxylation sites is 1. The van der Waals surface area contributed by atoms with Crippen molar-refractivity contribution in [1.29, 1.82) is 0 Å². The van der Waals surface area contributed by atoms with E-state index >= 15 is 0 Å². The number of anilines is 1. The largest absolute Gasteiger partial charge is 0.381 e. The maximum atomic E-state index is 3.58. The van der Waals surface area contributed by atoms with E-state index in [1.807, 2.05) is 0 Å². The molecule has 0 saturated carbocycles. The third kappa shape index (κ3) is 3.23. The van der Waals surface area contributed by atoms with Gasteiger partial charge in [-0.25, -0.2) is 0 Å². The van der Waals surface area contributed by atoms with Crippen LogP contribution < -0.4 is 5.32 Å². The number of aryl methyl sites for hydroxylation is 1. The molecule has 0 saturated heterocycles. The van der Waals surface area contributed by atoms with Gasteiger partial charge in [-0.3, -0.25) is 0 Å². The summed E-state index contributed by atoms with van der Waals surface area (Å²) in [6.45, 7) is 6.15. The molecule has 2 rings (SSSR count). The quantitative estimate of drug-likeness (QED) is 0.900. The van der Waals surface area contributed by atoms with E-state index < -0.39 is 0 Å². The number of benzene rings is 1. The second-order valence-corrected chi connectivity index (χ2v) is 5.70. The van der Waals surface area contributed by atoms with Crippen molar-refractivity contribution in [2.24, 2.45) is 7.05 Å². The summed E-state index contributed by atoms with van der Waals surface area (Å²) in [4.78, 5) is 2.19. The van der Waals surface area contributed by atoms with Crippen molar-refractivity contribution >= 4 is 5.69 Å². The summed E-state index contributed by atoms with van der Waals surface area (Å²) in [7, 11) is 6.32. The Labute approximate surface area is 122 Å². The number of nitrogens with one attached hydrogen (secondary N) is 1. The Hall–Kier alpha value is -1.74. The highest BCUT2D eigenvalue weighted by Gasteiger charge is 2.07.